The molecule has 82 valence electrons. The lowest BCUT2D eigenvalue weighted by Crippen LogP contribution is -2.58. The van der Waals surface area contributed by atoms with Gasteiger partial charge in [0.1, 0.15) is 24.4 Å². The SMILES string of the molecule is C=CC(Cl)C1O[C@H](C)[C@H](O)[C@H](O)[C@H]1O. The van der Waals surface area contributed by atoms with Crippen LogP contribution in [0.2, 0.25) is 0 Å². The maximum absolute atomic E-state index is 9.56. The lowest BCUT2D eigenvalue weighted by Gasteiger charge is -2.40. The third-order valence-corrected chi connectivity index (χ3v) is 2.85. The van der Waals surface area contributed by atoms with Gasteiger partial charge in [0.15, 0.2) is 0 Å². The molecule has 1 aliphatic heterocycles. The number of aliphatic hydroxyl groups is 3. The van der Waals surface area contributed by atoms with Crippen LogP contribution in [0.3, 0.4) is 0 Å². The third kappa shape index (κ3) is 2.10. The molecule has 1 aliphatic rings. The predicted molar refractivity (Wildman–Crippen MR) is 52.2 cm³/mol. The average Bonchev–Trinajstić information content (AvgIpc) is 2.19. The molecule has 14 heavy (non-hydrogen) atoms. The van der Waals surface area contributed by atoms with Gasteiger partial charge in [-0.05, 0) is 6.92 Å². The van der Waals surface area contributed by atoms with Crippen LogP contribution in [0.1, 0.15) is 6.92 Å². The Labute approximate surface area is 87.8 Å². The summed E-state index contributed by atoms with van der Waals surface area (Å²) >= 11 is 5.82. The second-order valence-corrected chi connectivity index (χ2v) is 3.96. The van der Waals surface area contributed by atoms with E-state index >= 15 is 0 Å². The Kier molecular flexibility index (Phi) is 3.92. The number of halogens is 1. The summed E-state index contributed by atoms with van der Waals surface area (Å²) < 4.78 is 5.27. The van der Waals surface area contributed by atoms with Crippen LogP contribution in [-0.4, -0.2) is 51.2 Å². The highest BCUT2D eigenvalue weighted by atomic mass is 35.5. The summed E-state index contributed by atoms with van der Waals surface area (Å²) in [5.74, 6) is 0. The number of aliphatic hydroxyl groups excluding tert-OH is 3. The maximum Gasteiger partial charge on any atom is 0.111 e. The first-order valence-corrected chi connectivity index (χ1v) is 4.89. The fourth-order valence-electron chi connectivity index (χ4n) is 1.48. The van der Waals surface area contributed by atoms with E-state index in [1.54, 1.807) is 6.92 Å². The highest BCUT2D eigenvalue weighted by Crippen LogP contribution is 2.25. The Morgan fingerprint density at radius 1 is 1.29 bits per heavy atom. The Balaban J connectivity index is 2.74. The van der Waals surface area contributed by atoms with Gasteiger partial charge >= 0.3 is 0 Å². The van der Waals surface area contributed by atoms with E-state index in [2.05, 4.69) is 6.58 Å². The number of hydrogen-bond acceptors (Lipinski definition) is 4. The third-order valence-electron chi connectivity index (χ3n) is 2.43. The van der Waals surface area contributed by atoms with Crippen molar-refractivity contribution in [1.29, 1.82) is 0 Å². The van der Waals surface area contributed by atoms with Crippen molar-refractivity contribution < 1.29 is 20.1 Å². The average molecular weight is 223 g/mol. The van der Waals surface area contributed by atoms with E-state index in [1.165, 1.54) is 6.08 Å². The van der Waals surface area contributed by atoms with Crippen LogP contribution < -0.4 is 0 Å². The van der Waals surface area contributed by atoms with E-state index in [4.69, 9.17) is 16.3 Å². The number of hydrogen-bond donors (Lipinski definition) is 3. The first kappa shape index (κ1) is 11.9. The van der Waals surface area contributed by atoms with Crippen molar-refractivity contribution in [2.45, 2.75) is 42.8 Å². The number of ether oxygens (including phenoxy) is 1. The van der Waals surface area contributed by atoms with Crippen molar-refractivity contribution in [1.82, 2.24) is 0 Å². The van der Waals surface area contributed by atoms with E-state index < -0.39 is 35.9 Å². The molecular weight excluding hydrogens is 208 g/mol. The zero-order valence-corrected chi connectivity index (χ0v) is 8.63. The molecule has 0 aromatic heterocycles. The first-order chi connectivity index (χ1) is 6.49. The largest absolute Gasteiger partial charge is 0.388 e. The van der Waals surface area contributed by atoms with Gasteiger partial charge < -0.3 is 20.1 Å². The summed E-state index contributed by atoms with van der Waals surface area (Å²) in [6.45, 7) is 5.08. The van der Waals surface area contributed by atoms with Crippen LogP contribution >= 0.6 is 11.6 Å². The minimum atomic E-state index is -1.23. The van der Waals surface area contributed by atoms with Gasteiger partial charge in [-0.2, -0.15) is 0 Å². The molecule has 3 N–H and O–H groups in total. The van der Waals surface area contributed by atoms with E-state index in [0.29, 0.717) is 0 Å². The van der Waals surface area contributed by atoms with Crippen molar-refractivity contribution in [3.8, 4) is 0 Å². The van der Waals surface area contributed by atoms with Gasteiger partial charge in [0.05, 0.1) is 11.5 Å². The lowest BCUT2D eigenvalue weighted by atomic mass is 9.94. The highest BCUT2D eigenvalue weighted by molar-refractivity contribution is 6.22. The first-order valence-electron chi connectivity index (χ1n) is 4.45. The smallest absolute Gasteiger partial charge is 0.111 e. The van der Waals surface area contributed by atoms with Crippen LogP contribution in [-0.2, 0) is 4.74 Å². The summed E-state index contributed by atoms with van der Waals surface area (Å²) in [6.07, 6.45) is -3.38. The van der Waals surface area contributed by atoms with Gasteiger partial charge in [-0.25, -0.2) is 0 Å². The summed E-state index contributed by atoms with van der Waals surface area (Å²) in [7, 11) is 0. The van der Waals surface area contributed by atoms with Gasteiger partial charge in [-0.1, -0.05) is 6.08 Å². The number of alkyl halides is 1. The fourth-order valence-corrected chi connectivity index (χ4v) is 1.69. The molecule has 0 amide bonds. The maximum atomic E-state index is 9.56. The molecule has 0 saturated carbocycles. The zero-order chi connectivity index (χ0) is 10.9. The zero-order valence-electron chi connectivity index (χ0n) is 7.88. The van der Waals surface area contributed by atoms with E-state index in [1.807, 2.05) is 0 Å². The Morgan fingerprint density at radius 3 is 2.36 bits per heavy atom. The fraction of sp³-hybridized carbons (Fsp3) is 0.778. The van der Waals surface area contributed by atoms with E-state index in [9.17, 15) is 15.3 Å². The topological polar surface area (TPSA) is 69.9 Å². The predicted octanol–water partition coefficient (Wildman–Crippen LogP) is -0.350. The van der Waals surface area contributed by atoms with Crippen molar-refractivity contribution in [2.24, 2.45) is 0 Å². The van der Waals surface area contributed by atoms with Crippen molar-refractivity contribution in [3.63, 3.8) is 0 Å². The quantitative estimate of drug-likeness (QED) is 0.441. The van der Waals surface area contributed by atoms with Gasteiger partial charge in [0.2, 0.25) is 0 Å². The summed E-state index contributed by atoms with van der Waals surface area (Å²) in [6, 6.07) is 0. The molecular formula is C9H15ClO4. The molecule has 0 radical (unpaired) electrons. The second kappa shape index (κ2) is 4.59. The van der Waals surface area contributed by atoms with Crippen molar-refractivity contribution >= 4 is 11.6 Å². The van der Waals surface area contributed by atoms with Gasteiger partial charge in [0, 0.05) is 0 Å². The van der Waals surface area contributed by atoms with Crippen molar-refractivity contribution in [2.75, 3.05) is 0 Å². The molecule has 5 heteroatoms. The standard InChI is InChI=1S/C9H15ClO4/c1-3-5(10)9-8(13)7(12)6(11)4(2)14-9/h3-9,11-13H,1H2,2H3/t4-,5?,6+,7+,8-,9?/m1/s1. The summed E-state index contributed by atoms with van der Waals surface area (Å²) in [5.41, 5.74) is 0. The highest BCUT2D eigenvalue weighted by Gasteiger charge is 2.43. The summed E-state index contributed by atoms with van der Waals surface area (Å²) in [4.78, 5) is 0. The minimum Gasteiger partial charge on any atom is -0.388 e. The molecule has 1 heterocycles. The second-order valence-electron chi connectivity index (χ2n) is 3.46. The van der Waals surface area contributed by atoms with Gasteiger partial charge in [-0.3, -0.25) is 0 Å². The van der Waals surface area contributed by atoms with Gasteiger partial charge in [0.25, 0.3) is 0 Å². The van der Waals surface area contributed by atoms with Crippen LogP contribution in [0.5, 0.6) is 0 Å². The molecule has 1 fully saturated rings. The monoisotopic (exact) mass is 222 g/mol. The normalized spacial score (nSPS) is 45.9. The molecule has 0 spiro atoms. The Hall–Kier alpha value is -0.130. The summed E-state index contributed by atoms with van der Waals surface area (Å²) in [5, 5.41) is 27.8. The van der Waals surface area contributed by atoms with E-state index in [0.717, 1.165) is 0 Å². The minimum absolute atomic E-state index is 0.556. The molecule has 1 rings (SSSR count). The Bertz CT molecular complexity index is 211. The molecule has 0 aromatic rings. The lowest BCUT2D eigenvalue weighted by molar-refractivity contribution is -0.214. The van der Waals surface area contributed by atoms with Crippen LogP contribution in [0.4, 0.5) is 0 Å². The molecule has 4 nitrogen and oxygen atoms in total. The van der Waals surface area contributed by atoms with Crippen LogP contribution in [0.15, 0.2) is 12.7 Å². The van der Waals surface area contributed by atoms with Gasteiger partial charge in [-0.15, -0.1) is 18.2 Å². The molecule has 0 aromatic carbocycles. The molecule has 0 aliphatic carbocycles. The number of rotatable bonds is 2. The Morgan fingerprint density at radius 2 is 1.86 bits per heavy atom. The molecule has 1 saturated heterocycles. The molecule has 6 atom stereocenters. The van der Waals surface area contributed by atoms with Crippen molar-refractivity contribution in [3.05, 3.63) is 12.7 Å². The molecule has 2 unspecified atom stereocenters. The van der Waals surface area contributed by atoms with Crippen LogP contribution in [0, 0.1) is 0 Å². The van der Waals surface area contributed by atoms with E-state index in [-0.39, 0.29) is 0 Å². The van der Waals surface area contributed by atoms with Crippen LogP contribution in [0.25, 0.3) is 0 Å². The molecule has 0 bridgehead atoms.